The van der Waals surface area contributed by atoms with Gasteiger partial charge in [0.15, 0.2) is 11.5 Å². The van der Waals surface area contributed by atoms with E-state index in [-0.39, 0.29) is 11.8 Å². The zero-order valence-electron chi connectivity index (χ0n) is 12.4. The normalized spacial score (nSPS) is 18.4. The Morgan fingerprint density at radius 1 is 1.30 bits per heavy atom. The first-order valence-electron chi connectivity index (χ1n) is 7.51. The van der Waals surface area contributed by atoms with E-state index in [1.165, 1.54) is 0 Å². The van der Waals surface area contributed by atoms with Crippen LogP contribution in [0.3, 0.4) is 0 Å². The summed E-state index contributed by atoms with van der Waals surface area (Å²) in [5, 5.41) is 17.1. The molecular weight excluding hydrogens is 312 g/mol. The fourth-order valence-corrected chi connectivity index (χ4v) is 3.57. The summed E-state index contributed by atoms with van der Waals surface area (Å²) in [4.78, 5) is 13.6. The number of thiophene rings is 1. The van der Waals surface area contributed by atoms with Crippen LogP contribution in [0.5, 0.6) is 0 Å². The molecule has 1 amide bonds. The number of piperidine rings is 1. The standard InChI is InChI=1S/C15H16N6OS/c16-14(22)10-2-1-6-20(8-10)13-4-3-12-17-18-15(21(12)19-13)11-5-7-23-9-11/h3-5,7,9-10H,1-2,6,8H2,(H2,16,22). The van der Waals surface area contributed by atoms with Gasteiger partial charge in [-0.25, -0.2) is 0 Å². The van der Waals surface area contributed by atoms with Crippen LogP contribution >= 0.6 is 11.3 Å². The monoisotopic (exact) mass is 328 g/mol. The minimum absolute atomic E-state index is 0.112. The Morgan fingerprint density at radius 2 is 2.22 bits per heavy atom. The van der Waals surface area contributed by atoms with Gasteiger partial charge in [0, 0.05) is 24.0 Å². The molecule has 1 unspecified atom stereocenters. The highest BCUT2D eigenvalue weighted by molar-refractivity contribution is 7.08. The number of amides is 1. The van der Waals surface area contributed by atoms with Gasteiger partial charge in [0.2, 0.25) is 5.91 Å². The largest absolute Gasteiger partial charge is 0.369 e. The van der Waals surface area contributed by atoms with Crippen LogP contribution in [-0.4, -0.2) is 38.8 Å². The second-order valence-corrected chi connectivity index (χ2v) is 6.46. The summed E-state index contributed by atoms with van der Waals surface area (Å²) in [7, 11) is 0. The number of primary amides is 1. The third-order valence-electron chi connectivity index (χ3n) is 4.18. The maximum absolute atomic E-state index is 11.5. The van der Waals surface area contributed by atoms with Crippen molar-refractivity contribution in [1.29, 1.82) is 0 Å². The summed E-state index contributed by atoms with van der Waals surface area (Å²) < 4.78 is 1.76. The van der Waals surface area contributed by atoms with E-state index in [2.05, 4.69) is 20.2 Å². The van der Waals surface area contributed by atoms with Crippen molar-refractivity contribution >= 4 is 28.7 Å². The van der Waals surface area contributed by atoms with Crippen LogP contribution in [0, 0.1) is 5.92 Å². The lowest BCUT2D eigenvalue weighted by Gasteiger charge is -2.31. The summed E-state index contributed by atoms with van der Waals surface area (Å²) in [6, 6.07) is 5.82. The number of fused-ring (bicyclic) bond motifs is 1. The summed E-state index contributed by atoms with van der Waals surface area (Å²) in [5.74, 6) is 1.20. The smallest absolute Gasteiger partial charge is 0.222 e. The molecule has 0 bridgehead atoms. The molecule has 1 saturated heterocycles. The zero-order chi connectivity index (χ0) is 15.8. The van der Waals surface area contributed by atoms with Crippen molar-refractivity contribution in [2.45, 2.75) is 12.8 Å². The van der Waals surface area contributed by atoms with E-state index in [1.54, 1.807) is 15.9 Å². The number of carbonyl (C=O) groups excluding carboxylic acids is 1. The van der Waals surface area contributed by atoms with E-state index in [1.807, 2.05) is 29.0 Å². The highest BCUT2D eigenvalue weighted by atomic mass is 32.1. The average Bonchev–Trinajstić information content (AvgIpc) is 3.23. The van der Waals surface area contributed by atoms with Gasteiger partial charge in [-0.05, 0) is 36.4 Å². The number of nitrogens with two attached hydrogens (primary N) is 1. The molecule has 4 heterocycles. The molecule has 23 heavy (non-hydrogen) atoms. The molecule has 3 aromatic rings. The minimum Gasteiger partial charge on any atom is -0.369 e. The van der Waals surface area contributed by atoms with Crippen LogP contribution in [0.15, 0.2) is 29.0 Å². The number of rotatable bonds is 3. The maximum atomic E-state index is 11.5. The lowest BCUT2D eigenvalue weighted by atomic mass is 9.97. The van der Waals surface area contributed by atoms with Crippen molar-refractivity contribution in [3.8, 4) is 11.4 Å². The first kappa shape index (κ1) is 14.1. The van der Waals surface area contributed by atoms with Crippen LogP contribution in [0.4, 0.5) is 5.82 Å². The van der Waals surface area contributed by atoms with Crippen molar-refractivity contribution in [2.75, 3.05) is 18.0 Å². The number of hydrogen-bond donors (Lipinski definition) is 1. The highest BCUT2D eigenvalue weighted by Crippen LogP contribution is 2.24. The number of hydrogen-bond acceptors (Lipinski definition) is 6. The Balaban J connectivity index is 1.71. The van der Waals surface area contributed by atoms with Gasteiger partial charge in [0.25, 0.3) is 0 Å². The van der Waals surface area contributed by atoms with E-state index in [0.29, 0.717) is 12.2 Å². The topological polar surface area (TPSA) is 89.4 Å². The Kier molecular flexibility index (Phi) is 3.45. The summed E-state index contributed by atoms with van der Waals surface area (Å²) in [5.41, 5.74) is 7.17. The minimum atomic E-state index is -0.237. The lowest BCUT2D eigenvalue weighted by Crippen LogP contribution is -2.41. The first-order valence-corrected chi connectivity index (χ1v) is 8.46. The van der Waals surface area contributed by atoms with Crippen LogP contribution in [0.1, 0.15) is 12.8 Å². The van der Waals surface area contributed by atoms with Crippen molar-refractivity contribution in [3.63, 3.8) is 0 Å². The van der Waals surface area contributed by atoms with Crippen molar-refractivity contribution in [1.82, 2.24) is 19.8 Å². The van der Waals surface area contributed by atoms with E-state index < -0.39 is 0 Å². The van der Waals surface area contributed by atoms with Gasteiger partial charge in [-0.1, -0.05) is 0 Å². The molecule has 2 N–H and O–H groups in total. The molecule has 1 aliphatic heterocycles. The number of anilines is 1. The maximum Gasteiger partial charge on any atom is 0.222 e. The van der Waals surface area contributed by atoms with E-state index in [4.69, 9.17) is 5.73 Å². The molecule has 0 spiro atoms. The Morgan fingerprint density at radius 3 is 3.00 bits per heavy atom. The van der Waals surface area contributed by atoms with Crippen LogP contribution < -0.4 is 10.6 Å². The van der Waals surface area contributed by atoms with E-state index >= 15 is 0 Å². The molecule has 4 rings (SSSR count). The third-order valence-corrected chi connectivity index (χ3v) is 4.86. The van der Waals surface area contributed by atoms with Crippen LogP contribution in [0.25, 0.3) is 17.0 Å². The second kappa shape index (κ2) is 5.62. The summed E-state index contributed by atoms with van der Waals surface area (Å²) in [6.45, 7) is 1.49. The Labute approximate surface area is 136 Å². The number of aromatic nitrogens is 4. The van der Waals surface area contributed by atoms with Gasteiger partial charge < -0.3 is 10.6 Å². The van der Waals surface area contributed by atoms with E-state index in [0.717, 1.165) is 36.6 Å². The fourth-order valence-electron chi connectivity index (χ4n) is 2.94. The molecule has 0 saturated carbocycles. The van der Waals surface area contributed by atoms with Crippen LogP contribution in [-0.2, 0) is 4.79 Å². The first-order chi connectivity index (χ1) is 11.2. The van der Waals surface area contributed by atoms with Gasteiger partial charge >= 0.3 is 0 Å². The number of nitrogens with zero attached hydrogens (tertiary/aromatic N) is 5. The van der Waals surface area contributed by atoms with Gasteiger partial charge in [-0.3, -0.25) is 4.79 Å². The van der Waals surface area contributed by atoms with Crippen LogP contribution in [0.2, 0.25) is 0 Å². The molecule has 1 aliphatic rings. The van der Waals surface area contributed by atoms with Crippen molar-refractivity contribution in [3.05, 3.63) is 29.0 Å². The molecule has 0 aliphatic carbocycles. The molecule has 8 heteroatoms. The van der Waals surface area contributed by atoms with Gasteiger partial charge in [-0.2, -0.15) is 15.9 Å². The fraction of sp³-hybridized carbons (Fsp3) is 0.333. The third kappa shape index (κ3) is 2.55. The molecule has 0 aromatic carbocycles. The quantitative estimate of drug-likeness (QED) is 0.788. The van der Waals surface area contributed by atoms with Gasteiger partial charge in [-0.15, -0.1) is 15.3 Å². The predicted octanol–water partition coefficient (Wildman–Crippen LogP) is 1.55. The van der Waals surface area contributed by atoms with Gasteiger partial charge in [0.05, 0.1) is 5.92 Å². The Bertz CT molecular complexity index is 843. The molecule has 3 aromatic heterocycles. The molecule has 7 nitrogen and oxygen atoms in total. The summed E-state index contributed by atoms with van der Waals surface area (Å²) in [6.07, 6.45) is 1.79. The Hall–Kier alpha value is -2.48. The molecule has 1 atom stereocenters. The molecular formula is C15H16N6OS. The average molecular weight is 328 g/mol. The summed E-state index contributed by atoms with van der Waals surface area (Å²) >= 11 is 1.61. The van der Waals surface area contributed by atoms with Crippen molar-refractivity contribution in [2.24, 2.45) is 11.7 Å². The van der Waals surface area contributed by atoms with Gasteiger partial charge in [0.1, 0.15) is 5.82 Å². The highest BCUT2D eigenvalue weighted by Gasteiger charge is 2.25. The predicted molar refractivity (Wildman–Crippen MR) is 88.2 cm³/mol. The second-order valence-electron chi connectivity index (χ2n) is 5.68. The lowest BCUT2D eigenvalue weighted by molar-refractivity contribution is -0.122. The molecule has 118 valence electrons. The molecule has 0 radical (unpaired) electrons. The van der Waals surface area contributed by atoms with Crippen molar-refractivity contribution < 1.29 is 4.79 Å². The SMILES string of the molecule is NC(=O)C1CCCN(c2ccc3nnc(-c4ccsc4)n3n2)C1. The molecule has 1 fully saturated rings. The number of carbonyl (C=O) groups is 1. The van der Waals surface area contributed by atoms with E-state index in [9.17, 15) is 4.79 Å². The zero-order valence-corrected chi connectivity index (χ0v) is 13.2.